The second kappa shape index (κ2) is 39.3. The Morgan fingerprint density at radius 1 is 0.575 bits per heavy atom. The Labute approximate surface area is 232 Å². The highest BCUT2D eigenvalue weighted by Crippen LogP contribution is 1.77. The molecule has 22 heteroatoms. The van der Waals surface area contributed by atoms with E-state index in [1.807, 2.05) is 5.32 Å². The Morgan fingerprint density at radius 2 is 0.775 bits per heavy atom. The Bertz CT molecular complexity index is 589. The molecular weight excluding hydrogens is 542 g/mol. The van der Waals surface area contributed by atoms with Crippen molar-refractivity contribution in [3.8, 4) is 0 Å². The molecule has 0 aromatic rings. The first-order valence-corrected chi connectivity index (χ1v) is 10.9. The van der Waals surface area contributed by atoms with Gasteiger partial charge in [0, 0.05) is 41.5 Å². The summed E-state index contributed by atoms with van der Waals surface area (Å²) in [6.45, 7) is 9.44. The van der Waals surface area contributed by atoms with Gasteiger partial charge in [0.15, 0.2) is 0 Å². The first-order valence-electron chi connectivity index (χ1n) is 10.9. The van der Waals surface area contributed by atoms with E-state index in [9.17, 15) is 38.9 Å². The quantitative estimate of drug-likeness (QED) is 0.0711. The summed E-state index contributed by atoms with van der Waals surface area (Å²) in [5.41, 5.74) is 29.4. The summed E-state index contributed by atoms with van der Waals surface area (Å²) in [5, 5.41) is 22.1. The van der Waals surface area contributed by atoms with E-state index in [0.717, 1.165) is 0 Å². The van der Waals surface area contributed by atoms with Crippen LogP contribution in [0.1, 0.15) is 41.5 Å². The van der Waals surface area contributed by atoms with E-state index in [2.05, 4.69) is 31.4 Å². The summed E-state index contributed by atoms with van der Waals surface area (Å²) in [5.74, 6) is -0.920. The molecule has 0 heterocycles. The summed E-state index contributed by atoms with van der Waals surface area (Å²) in [7, 11) is 0. The SMILES string of the molecule is CC(=O)NC(N)O[N+](=O)[O-].CC(=O)NCN.CC(=O)NCN.CC(=O)NCN.CC(=O)NCN.CC(=O)NCN. The number of carbonyl (C=O) groups excluding carboxylic acids is 6. The fourth-order valence-corrected chi connectivity index (χ4v) is 1.04. The van der Waals surface area contributed by atoms with Crippen LogP contribution in [0.15, 0.2) is 0 Å². The third-order valence-corrected chi connectivity index (χ3v) is 2.30. The van der Waals surface area contributed by atoms with Crippen molar-refractivity contribution in [1.82, 2.24) is 31.9 Å². The third-order valence-electron chi connectivity index (χ3n) is 2.30. The van der Waals surface area contributed by atoms with Gasteiger partial charge in [-0.2, -0.15) is 0 Å². The highest BCUT2D eigenvalue weighted by atomic mass is 17.0. The van der Waals surface area contributed by atoms with Crippen LogP contribution in [-0.4, -0.2) is 80.2 Å². The number of nitrogens with one attached hydrogen (secondary N) is 6. The molecule has 0 aliphatic heterocycles. The monoisotopic (exact) mass is 589 g/mol. The fourth-order valence-electron chi connectivity index (χ4n) is 1.04. The molecular formula is C18H47N13O9. The second-order valence-electron chi connectivity index (χ2n) is 6.14. The molecule has 0 saturated carbocycles. The third kappa shape index (κ3) is 103. The number of carbonyl (C=O) groups is 6. The van der Waals surface area contributed by atoms with Crippen molar-refractivity contribution in [3.63, 3.8) is 0 Å². The second-order valence-corrected chi connectivity index (χ2v) is 6.14. The van der Waals surface area contributed by atoms with Crippen molar-refractivity contribution in [2.24, 2.45) is 34.4 Å². The number of hydrogen-bond donors (Lipinski definition) is 12. The maximum Gasteiger partial charge on any atom is 0.297 e. The van der Waals surface area contributed by atoms with Crippen LogP contribution in [0.4, 0.5) is 0 Å². The van der Waals surface area contributed by atoms with Crippen molar-refractivity contribution < 1.29 is 38.7 Å². The summed E-state index contributed by atoms with van der Waals surface area (Å²) in [6, 6.07) is 0. The van der Waals surface area contributed by atoms with Gasteiger partial charge in [-0.3, -0.25) is 39.3 Å². The van der Waals surface area contributed by atoms with Crippen molar-refractivity contribution >= 4 is 35.4 Å². The minimum absolute atomic E-state index is 0.0856. The minimum atomic E-state index is -1.38. The van der Waals surface area contributed by atoms with Crippen LogP contribution in [0.25, 0.3) is 0 Å². The van der Waals surface area contributed by atoms with E-state index in [-0.39, 0.29) is 62.9 Å². The van der Waals surface area contributed by atoms with Gasteiger partial charge in [-0.15, -0.1) is 10.1 Å². The van der Waals surface area contributed by atoms with Gasteiger partial charge >= 0.3 is 0 Å². The van der Waals surface area contributed by atoms with Crippen LogP contribution < -0.4 is 66.3 Å². The van der Waals surface area contributed by atoms with Crippen LogP contribution >= 0.6 is 0 Å². The van der Waals surface area contributed by atoms with Gasteiger partial charge in [-0.05, 0) is 0 Å². The maximum absolute atomic E-state index is 10.1. The summed E-state index contributed by atoms with van der Waals surface area (Å²) in [4.78, 5) is 72.7. The first-order chi connectivity index (χ1) is 18.4. The molecule has 0 aromatic heterocycles. The molecule has 0 spiro atoms. The lowest BCUT2D eigenvalue weighted by molar-refractivity contribution is -0.769. The molecule has 0 rings (SSSR count). The lowest BCUT2D eigenvalue weighted by atomic mass is 10.7. The average molecular weight is 590 g/mol. The molecule has 238 valence electrons. The summed E-state index contributed by atoms with van der Waals surface area (Å²) < 4.78 is 0. The van der Waals surface area contributed by atoms with Crippen molar-refractivity contribution in [2.45, 2.75) is 47.9 Å². The Balaban J connectivity index is -0.0000000880. The van der Waals surface area contributed by atoms with Crippen LogP contribution in [0.3, 0.4) is 0 Å². The molecule has 1 atom stereocenters. The van der Waals surface area contributed by atoms with Gasteiger partial charge in [0.25, 0.3) is 5.09 Å². The molecule has 0 aliphatic rings. The predicted molar refractivity (Wildman–Crippen MR) is 144 cm³/mol. The molecule has 40 heavy (non-hydrogen) atoms. The zero-order valence-electron chi connectivity index (χ0n) is 23.7. The number of hydrogen-bond acceptors (Lipinski definition) is 15. The zero-order valence-corrected chi connectivity index (χ0v) is 23.7. The highest BCUT2D eigenvalue weighted by molar-refractivity contribution is 5.74. The maximum atomic E-state index is 10.1. The molecule has 0 saturated heterocycles. The largest absolute Gasteiger partial charge is 0.344 e. The first kappa shape index (κ1) is 48.8. The topological polar surface area (TPSA) is 383 Å². The smallest absolute Gasteiger partial charge is 0.297 e. The molecule has 0 fully saturated rings. The molecule has 0 aromatic carbocycles. The van der Waals surface area contributed by atoms with Crippen molar-refractivity contribution in [2.75, 3.05) is 33.3 Å². The Hall–Kier alpha value is -4.22. The number of nitrogens with zero attached hydrogens (tertiary/aromatic N) is 1. The lowest BCUT2D eigenvalue weighted by Gasteiger charge is -2.08. The van der Waals surface area contributed by atoms with Gasteiger partial charge in [0.1, 0.15) is 0 Å². The summed E-state index contributed by atoms with van der Waals surface area (Å²) >= 11 is 0. The van der Waals surface area contributed by atoms with E-state index in [1.165, 1.54) is 41.5 Å². The normalized spacial score (nSPS) is 8.70. The van der Waals surface area contributed by atoms with E-state index < -0.39 is 17.3 Å². The van der Waals surface area contributed by atoms with Gasteiger partial charge in [0.2, 0.25) is 41.8 Å². The summed E-state index contributed by atoms with van der Waals surface area (Å²) in [6.07, 6.45) is -1.38. The Kier molecular flexibility index (Phi) is 47.9. The van der Waals surface area contributed by atoms with E-state index in [1.54, 1.807) is 0 Å². The number of rotatable bonds is 8. The molecule has 22 nitrogen and oxygen atoms in total. The molecule has 0 bridgehead atoms. The fraction of sp³-hybridized carbons (Fsp3) is 0.667. The molecule has 18 N–H and O–H groups in total. The van der Waals surface area contributed by atoms with Gasteiger partial charge < -0.3 is 60.6 Å². The van der Waals surface area contributed by atoms with E-state index >= 15 is 0 Å². The van der Waals surface area contributed by atoms with Gasteiger partial charge in [0.05, 0.1) is 33.3 Å². The van der Waals surface area contributed by atoms with Crippen molar-refractivity contribution in [3.05, 3.63) is 10.1 Å². The lowest BCUT2D eigenvalue weighted by Crippen LogP contribution is -2.43. The van der Waals surface area contributed by atoms with Crippen molar-refractivity contribution in [1.29, 1.82) is 0 Å². The molecule has 6 amide bonds. The molecule has 0 aliphatic carbocycles. The molecule has 1 unspecified atom stereocenters. The number of amides is 6. The molecule has 0 radical (unpaired) electrons. The predicted octanol–water partition coefficient (Wildman–Crippen LogP) is -6.23. The van der Waals surface area contributed by atoms with E-state index in [4.69, 9.17) is 34.4 Å². The zero-order chi connectivity index (χ0) is 33.1. The minimum Gasteiger partial charge on any atom is -0.344 e. The van der Waals surface area contributed by atoms with Crippen LogP contribution in [0, 0.1) is 10.1 Å². The van der Waals surface area contributed by atoms with Crippen LogP contribution in [-0.2, 0) is 33.6 Å². The van der Waals surface area contributed by atoms with Crippen LogP contribution in [0.2, 0.25) is 0 Å². The standard InChI is InChI=1S/C3H7N3O4.5C3H8N2O/c1-2(7)5-3(4)10-6(8)9;5*1-3(6)5-2-4/h3H,4H2,1H3,(H,5,7);5*2,4H2,1H3,(H,5,6). The van der Waals surface area contributed by atoms with Gasteiger partial charge in [-0.25, -0.2) is 0 Å². The average Bonchev–Trinajstić information content (AvgIpc) is 2.74. The van der Waals surface area contributed by atoms with E-state index in [0.29, 0.717) is 0 Å². The highest BCUT2D eigenvalue weighted by Gasteiger charge is 2.06. The van der Waals surface area contributed by atoms with Crippen LogP contribution in [0.5, 0.6) is 0 Å². The number of nitrogens with two attached hydrogens (primary N) is 6. The Morgan fingerprint density at radius 3 is 0.850 bits per heavy atom. The van der Waals surface area contributed by atoms with Gasteiger partial charge in [-0.1, -0.05) is 0 Å².